The molecule has 0 fully saturated rings. The second kappa shape index (κ2) is 2.57. The number of allylic oxidation sites excluding steroid dienone is 3. The Kier molecular flexibility index (Phi) is 1.57. The molecule has 1 aliphatic carbocycles. The van der Waals surface area contributed by atoms with Gasteiger partial charge in [-0.2, -0.15) is 0 Å². The maximum Gasteiger partial charge on any atom is 0.118 e. The van der Waals surface area contributed by atoms with Gasteiger partial charge in [0.1, 0.15) is 5.76 Å². The van der Waals surface area contributed by atoms with Crippen molar-refractivity contribution in [2.75, 3.05) is 6.61 Å². The van der Waals surface area contributed by atoms with Crippen LogP contribution in [0.1, 0.15) is 12.8 Å². The second-order valence-electron chi connectivity index (χ2n) is 2.97. The normalized spacial score (nSPS) is 28.2. The summed E-state index contributed by atoms with van der Waals surface area (Å²) in [5.41, 5.74) is 1.45. The van der Waals surface area contributed by atoms with E-state index in [0.717, 1.165) is 25.2 Å². The molecule has 0 aromatic heterocycles. The van der Waals surface area contributed by atoms with Crippen molar-refractivity contribution in [1.29, 1.82) is 0 Å². The molecule has 1 aliphatic heterocycles. The molecule has 58 valence electrons. The van der Waals surface area contributed by atoms with Crippen molar-refractivity contribution < 1.29 is 4.74 Å². The van der Waals surface area contributed by atoms with Crippen molar-refractivity contribution in [1.82, 2.24) is 0 Å². The monoisotopic (exact) mass is 148 g/mol. The lowest BCUT2D eigenvalue weighted by Crippen LogP contribution is -2.02. The third-order valence-corrected chi connectivity index (χ3v) is 2.34. The fraction of sp³-hybridized carbons (Fsp3) is 0.400. The number of rotatable bonds is 1. The SMILES string of the molecule is C=CC1CC=CC2=C1CCO2. The molecule has 1 heterocycles. The summed E-state index contributed by atoms with van der Waals surface area (Å²) in [4.78, 5) is 0. The molecule has 2 aliphatic rings. The lowest BCUT2D eigenvalue weighted by Gasteiger charge is -2.14. The maximum atomic E-state index is 5.43. The predicted octanol–water partition coefficient (Wildman–Crippen LogP) is 2.42. The smallest absolute Gasteiger partial charge is 0.118 e. The minimum absolute atomic E-state index is 0.539. The fourth-order valence-electron chi connectivity index (χ4n) is 1.71. The molecule has 0 saturated carbocycles. The summed E-state index contributed by atoms with van der Waals surface area (Å²) in [6.07, 6.45) is 8.47. The van der Waals surface area contributed by atoms with Crippen LogP contribution in [-0.4, -0.2) is 6.61 Å². The van der Waals surface area contributed by atoms with Crippen molar-refractivity contribution in [3.8, 4) is 0 Å². The van der Waals surface area contributed by atoms with E-state index in [1.807, 2.05) is 6.08 Å². The third kappa shape index (κ3) is 1.01. The summed E-state index contributed by atoms with van der Waals surface area (Å²) < 4.78 is 5.43. The number of hydrogen-bond acceptors (Lipinski definition) is 1. The van der Waals surface area contributed by atoms with Gasteiger partial charge in [-0.25, -0.2) is 0 Å². The Balaban J connectivity index is 2.30. The molecule has 0 spiro atoms. The van der Waals surface area contributed by atoms with Gasteiger partial charge in [-0.05, 0) is 18.1 Å². The van der Waals surface area contributed by atoms with E-state index in [1.165, 1.54) is 5.57 Å². The molecule has 0 aromatic carbocycles. The van der Waals surface area contributed by atoms with Crippen molar-refractivity contribution >= 4 is 0 Å². The van der Waals surface area contributed by atoms with E-state index in [1.54, 1.807) is 0 Å². The average Bonchev–Trinajstić information content (AvgIpc) is 2.50. The highest BCUT2D eigenvalue weighted by Crippen LogP contribution is 2.33. The van der Waals surface area contributed by atoms with Crippen LogP contribution in [0.3, 0.4) is 0 Å². The molecule has 0 saturated heterocycles. The van der Waals surface area contributed by atoms with Gasteiger partial charge in [0.05, 0.1) is 6.61 Å². The van der Waals surface area contributed by atoms with E-state index < -0.39 is 0 Å². The Labute approximate surface area is 67.1 Å². The summed E-state index contributed by atoms with van der Waals surface area (Å²) in [5.74, 6) is 1.64. The second-order valence-corrected chi connectivity index (χ2v) is 2.97. The molecule has 1 nitrogen and oxygen atoms in total. The van der Waals surface area contributed by atoms with Crippen LogP contribution in [0.4, 0.5) is 0 Å². The highest BCUT2D eigenvalue weighted by molar-refractivity contribution is 5.32. The van der Waals surface area contributed by atoms with Gasteiger partial charge in [-0.15, -0.1) is 6.58 Å². The highest BCUT2D eigenvalue weighted by atomic mass is 16.5. The molecule has 1 heteroatoms. The zero-order valence-corrected chi connectivity index (χ0v) is 6.55. The molecular formula is C10H12O. The molecule has 1 unspecified atom stereocenters. The Morgan fingerprint density at radius 2 is 2.55 bits per heavy atom. The predicted molar refractivity (Wildman–Crippen MR) is 45.0 cm³/mol. The van der Waals surface area contributed by atoms with E-state index in [4.69, 9.17) is 4.74 Å². The van der Waals surface area contributed by atoms with Gasteiger partial charge in [-0.3, -0.25) is 0 Å². The molecule has 1 atom stereocenters. The van der Waals surface area contributed by atoms with Crippen molar-refractivity contribution in [2.45, 2.75) is 12.8 Å². The molecule has 0 radical (unpaired) electrons. The molecule has 11 heavy (non-hydrogen) atoms. The lowest BCUT2D eigenvalue weighted by molar-refractivity contribution is 0.256. The summed E-state index contributed by atoms with van der Waals surface area (Å²) in [5, 5.41) is 0. The molecule has 2 rings (SSSR count). The van der Waals surface area contributed by atoms with E-state index in [-0.39, 0.29) is 0 Å². The van der Waals surface area contributed by atoms with Crippen LogP contribution in [-0.2, 0) is 4.74 Å². The third-order valence-electron chi connectivity index (χ3n) is 2.34. The Hall–Kier alpha value is -0.980. The van der Waals surface area contributed by atoms with E-state index in [0.29, 0.717) is 5.92 Å². The summed E-state index contributed by atoms with van der Waals surface area (Å²) in [6, 6.07) is 0. The highest BCUT2D eigenvalue weighted by Gasteiger charge is 2.22. The van der Waals surface area contributed by atoms with Crippen molar-refractivity contribution in [2.24, 2.45) is 5.92 Å². The summed E-state index contributed by atoms with van der Waals surface area (Å²) in [6.45, 7) is 4.68. The van der Waals surface area contributed by atoms with Crippen LogP contribution in [0.5, 0.6) is 0 Å². The molecule has 0 N–H and O–H groups in total. The van der Waals surface area contributed by atoms with E-state index in [2.05, 4.69) is 18.7 Å². The van der Waals surface area contributed by atoms with Gasteiger partial charge >= 0.3 is 0 Å². The standard InChI is InChI=1S/C10H12O/c1-2-8-4-3-5-10-9(8)6-7-11-10/h2-3,5,8H,1,4,6-7H2. The van der Waals surface area contributed by atoms with Crippen LogP contribution in [0, 0.1) is 5.92 Å². The number of hydrogen-bond donors (Lipinski definition) is 0. The van der Waals surface area contributed by atoms with Gasteiger partial charge in [-0.1, -0.05) is 12.2 Å². The topological polar surface area (TPSA) is 9.23 Å². The van der Waals surface area contributed by atoms with Gasteiger partial charge in [0.25, 0.3) is 0 Å². The van der Waals surface area contributed by atoms with Crippen LogP contribution in [0.15, 0.2) is 36.1 Å². The van der Waals surface area contributed by atoms with Gasteiger partial charge in [0.2, 0.25) is 0 Å². The van der Waals surface area contributed by atoms with Crippen LogP contribution >= 0.6 is 0 Å². The maximum absolute atomic E-state index is 5.43. The minimum Gasteiger partial charge on any atom is -0.493 e. The van der Waals surface area contributed by atoms with Crippen LogP contribution in [0.25, 0.3) is 0 Å². The first-order valence-electron chi connectivity index (χ1n) is 4.07. The Bertz CT molecular complexity index is 235. The molecule has 0 bridgehead atoms. The number of ether oxygens (including phenoxy) is 1. The van der Waals surface area contributed by atoms with Crippen molar-refractivity contribution in [3.63, 3.8) is 0 Å². The largest absolute Gasteiger partial charge is 0.493 e. The molecule has 0 aromatic rings. The average molecular weight is 148 g/mol. The van der Waals surface area contributed by atoms with Gasteiger partial charge in [0, 0.05) is 12.3 Å². The lowest BCUT2D eigenvalue weighted by atomic mass is 9.90. The molecular weight excluding hydrogens is 136 g/mol. The Morgan fingerprint density at radius 1 is 1.64 bits per heavy atom. The summed E-state index contributed by atoms with van der Waals surface area (Å²) in [7, 11) is 0. The van der Waals surface area contributed by atoms with Crippen molar-refractivity contribution in [3.05, 3.63) is 36.1 Å². The fourth-order valence-corrected chi connectivity index (χ4v) is 1.71. The van der Waals surface area contributed by atoms with E-state index >= 15 is 0 Å². The first kappa shape index (κ1) is 6.71. The van der Waals surface area contributed by atoms with Crippen LogP contribution in [0.2, 0.25) is 0 Å². The zero-order chi connectivity index (χ0) is 7.68. The zero-order valence-electron chi connectivity index (χ0n) is 6.55. The van der Waals surface area contributed by atoms with Crippen LogP contribution < -0.4 is 0 Å². The Morgan fingerprint density at radius 3 is 3.36 bits per heavy atom. The first-order valence-corrected chi connectivity index (χ1v) is 4.07. The molecule has 0 amide bonds. The van der Waals surface area contributed by atoms with Gasteiger partial charge < -0.3 is 4.74 Å². The first-order chi connectivity index (χ1) is 5.42. The van der Waals surface area contributed by atoms with E-state index in [9.17, 15) is 0 Å². The summed E-state index contributed by atoms with van der Waals surface area (Å²) >= 11 is 0. The quantitative estimate of drug-likeness (QED) is 0.519. The van der Waals surface area contributed by atoms with Gasteiger partial charge in [0.15, 0.2) is 0 Å². The minimum atomic E-state index is 0.539.